The van der Waals surface area contributed by atoms with Crippen molar-refractivity contribution in [1.82, 2.24) is 15.0 Å². The van der Waals surface area contributed by atoms with E-state index in [1.54, 1.807) is 12.1 Å². The average molecular weight is 505 g/mol. The van der Waals surface area contributed by atoms with E-state index in [0.29, 0.717) is 11.4 Å². The highest BCUT2D eigenvalue weighted by molar-refractivity contribution is 5.68. The Labute approximate surface area is 206 Å². The van der Waals surface area contributed by atoms with Crippen LogP contribution in [0.4, 0.5) is 0 Å². The summed E-state index contributed by atoms with van der Waals surface area (Å²) in [6.45, 7) is 4.39. The van der Waals surface area contributed by atoms with Crippen molar-refractivity contribution in [2.24, 2.45) is 0 Å². The first kappa shape index (κ1) is 26.6. The van der Waals surface area contributed by atoms with Gasteiger partial charge in [0.2, 0.25) is 0 Å². The van der Waals surface area contributed by atoms with E-state index in [9.17, 15) is 19.2 Å². The van der Waals surface area contributed by atoms with Crippen molar-refractivity contribution < 1.29 is 47.6 Å². The van der Waals surface area contributed by atoms with Crippen LogP contribution < -0.4 is 4.74 Å². The van der Waals surface area contributed by atoms with Crippen molar-refractivity contribution in [1.29, 1.82) is 0 Å². The highest BCUT2D eigenvalue weighted by Crippen LogP contribution is 2.34. The van der Waals surface area contributed by atoms with E-state index in [1.165, 1.54) is 17.8 Å². The van der Waals surface area contributed by atoms with E-state index in [-0.39, 0.29) is 13.2 Å². The van der Waals surface area contributed by atoms with E-state index in [1.807, 2.05) is 18.2 Å². The molecule has 36 heavy (non-hydrogen) atoms. The number of carbonyl (C=O) groups is 4. The molecule has 0 spiro atoms. The molecule has 0 amide bonds. The van der Waals surface area contributed by atoms with Crippen molar-refractivity contribution in [3.05, 3.63) is 42.2 Å². The summed E-state index contributed by atoms with van der Waals surface area (Å²) in [5.41, 5.74) is 0.423. The van der Waals surface area contributed by atoms with Crippen molar-refractivity contribution >= 4 is 23.9 Å². The Morgan fingerprint density at radius 2 is 1.47 bits per heavy atom. The second-order valence-electron chi connectivity index (χ2n) is 7.88. The number of para-hydroxylation sites is 1. The molecule has 0 bridgehead atoms. The highest BCUT2D eigenvalue weighted by atomic mass is 16.7. The van der Waals surface area contributed by atoms with Crippen LogP contribution in [0.2, 0.25) is 0 Å². The number of hydrogen-bond donors (Lipinski definition) is 0. The van der Waals surface area contributed by atoms with Gasteiger partial charge in [0, 0.05) is 27.7 Å². The first-order valence-corrected chi connectivity index (χ1v) is 11.0. The summed E-state index contributed by atoms with van der Waals surface area (Å²) in [6, 6.07) is 9.06. The molecule has 3 rings (SSSR count). The molecular weight excluding hydrogens is 478 g/mol. The van der Waals surface area contributed by atoms with Gasteiger partial charge in [-0.3, -0.25) is 19.2 Å². The Morgan fingerprint density at radius 1 is 0.861 bits per heavy atom. The smallest absolute Gasteiger partial charge is 0.303 e. The van der Waals surface area contributed by atoms with Crippen LogP contribution in [0.1, 0.15) is 39.6 Å². The molecule has 13 heteroatoms. The van der Waals surface area contributed by atoms with Gasteiger partial charge in [-0.2, -0.15) is 0 Å². The second kappa shape index (κ2) is 12.1. The predicted molar refractivity (Wildman–Crippen MR) is 118 cm³/mol. The van der Waals surface area contributed by atoms with Gasteiger partial charge in [-0.1, -0.05) is 23.4 Å². The lowest BCUT2D eigenvalue weighted by Gasteiger charge is -2.44. The molecule has 1 aliphatic rings. The molecule has 194 valence electrons. The van der Waals surface area contributed by atoms with Crippen molar-refractivity contribution in [3.63, 3.8) is 0 Å². The molecule has 0 N–H and O–H groups in total. The summed E-state index contributed by atoms with van der Waals surface area (Å²) in [5.74, 6) is -2.13. The minimum atomic E-state index is -1.30. The molecule has 0 aliphatic carbocycles. The fraction of sp³-hybridized carbons (Fsp3) is 0.478. The van der Waals surface area contributed by atoms with Crippen molar-refractivity contribution in [3.8, 4) is 5.75 Å². The Kier molecular flexibility index (Phi) is 8.95. The summed E-state index contributed by atoms with van der Waals surface area (Å²) in [4.78, 5) is 47.2. The maximum atomic E-state index is 11.9. The molecule has 1 fully saturated rings. The molecular formula is C23H27N3O10. The van der Waals surface area contributed by atoms with Crippen molar-refractivity contribution in [2.45, 2.75) is 64.9 Å². The van der Waals surface area contributed by atoms with Gasteiger partial charge in [0.1, 0.15) is 30.8 Å². The van der Waals surface area contributed by atoms with Gasteiger partial charge in [0.05, 0.1) is 6.20 Å². The SMILES string of the molecule is CC(=O)OCC1OC(n2cc(COc3ccccc3)nn2)C(OC(C)=O)C(OC(C)=O)C1OC(C)=O. The molecule has 1 saturated heterocycles. The summed E-state index contributed by atoms with van der Waals surface area (Å²) >= 11 is 0. The number of benzene rings is 1. The van der Waals surface area contributed by atoms with Crippen LogP contribution in [0.15, 0.2) is 36.5 Å². The third-order valence-electron chi connectivity index (χ3n) is 4.91. The van der Waals surface area contributed by atoms with Crippen molar-refractivity contribution in [2.75, 3.05) is 6.61 Å². The normalized spacial score (nSPS) is 23.3. The first-order chi connectivity index (χ1) is 17.1. The van der Waals surface area contributed by atoms with Crippen LogP contribution in [-0.2, 0) is 49.5 Å². The number of aromatic nitrogens is 3. The molecule has 0 radical (unpaired) electrons. The Hall–Kier alpha value is -4.00. The maximum Gasteiger partial charge on any atom is 0.303 e. The molecule has 5 atom stereocenters. The predicted octanol–water partition coefficient (Wildman–Crippen LogP) is 1.11. The van der Waals surface area contributed by atoms with Crippen LogP contribution in [0.3, 0.4) is 0 Å². The Morgan fingerprint density at radius 3 is 2.08 bits per heavy atom. The fourth-order valence-corrected chi connectivity index (χ4v) is 3.60. The third kappa shape index (κ3) is 7.25. The monoisotopic (exact) mass is 505 g/mol. The van der Waals surface area contributed by atoms with E-state index in [4.69, 9.17) is 28.4 Å². The van der Waals surface area contributed by atoms with E-state index in [0.717, 1.165) is 20.8 Å². The van der Waals surface area contributed by atoms with Gasteiger partial charge in [-0.25, -0.2) is 4.68 Å². The summed E-state index contributed by atoms with van der Waals surface area (Å²) in [5, 5.41) is 8.11. The number of carbonyl (C=O) groups excluding carboxylic acids is 4. The molecule has 1 aliphatic heterocycles. The number of esters is 4. The Balaban J connectivity index is 1.92. The molecule has 1 aromatic carbocycles. The number of rotatable bonds is 9. The van der Waals surface area contributed by atoms with Gasteiger partial charge >= 0.3 is 23.9 Å². The number of hydrogen-bond acceptors (Lipinski definition) is 12. The zero-order valence-corrected chi connectivity index (χ0v) is 20.2. The molecule has 13 nitrogen and oxygen atoms in total. The van der Waals surface area contributed by atoms with Crippen LogP contribution in [0.5, 0.6) is 5.75 Å². The number of ether oxygens (including phenoxy) is 6. The maximum absolute atomic E-state index is 11.9. The van der Waals surface area contributed by atoms with Gasteiger partial charge in [0.15, 0.2) is 24.5 Å². The van der Waals surface area contributed by atoms with E-state index < -0.39 is 54.5 Å². The lowest BCUT2D eigenvalue weighted by atomic mass is 9.97. The second-order valence-corrected chi connectivity index (χ2v) is 7.88. The minimum Gasteiger partial charge on any atom is -0.487 e. The van der Waals surface area contributed by atoms with Crippen LogP contribution >= 0.6 is 0 Å². The van der Waals surface area contributed by atoms with E-state index in [2.05, 4.69) is 10.3 Å². The molecule has 1 aromatic heterocycles. The zero-order valence-electron chi connectivity index (χ0n) is 20.2. The lowest BCUT2D eigenvalue weighted by molar-refractivity contribution is -0.270. The standard InChI is InChI=1S/C23H27N3O10/c1-13(27)31-12-19-20(33-14(2)28)21(34-15(3)29)22(35-16(4)30)23(36-19)26-10-17(24-25-26)11-32-18-8-6-5-7-9-18/h5-10,19-23H,11-12H2,1-4H3. The van der Waals surface area contributed by atoms with Gasteiger partial charge in [-0.05, 0) is 12.1 Å². The molecule has 2 aromatic rings. The number of nitrogens with zero attached hydrogens (tertiary/aromatic N) is 3. The lowest BCUT2D eigenvalue weighted by Crippen LogP contribution is -2.60. The Bertz CT molecular complexity index is 1070. The van der Waals surface area contributed by atoms with Crippen LogP contribution in [0.25, 0.3) is 0 Å². The molecule has 5 unspecified atom stereocenters. The third-order valence-corrected chi connectivity index (χ3v) is 4.91. The summed E-state index contributed by atoms with van der Waals surface area (Å²) < 4.78 is 34.3. The first-order valence-electron chi connectivity index (χ1n) is 11.0. The van der Waals surface area contributed by atoms with Gasteiger partial charge in [0.25, 0.3) is 0 Å². The molecule has 0 saturated carbocycles. The topological polar surface area (TPSA) is 154 Å². The van der Waals surface area contributed by atoms with Crippen LogP contribution in [-0.4, -0.2) is 69.9 Å². The van der Waals surface area contributed by atoms with E-state index >= 15 is 0 Å². The van der Waals surface area contributed by atoms with Gasteiger partial charge in [-0.15, -0.1) is 5.10 Å². The quantitative estimate of drug-likeness (QED) is 0.354. The zero-order chi connectivity index (χ0) is 26.2. The average Bonchev–Trinajstić information content (AvgIpc) is 3.27. The largest absolute Gasteiger partial charge is 0.487 e. The van der Waals surface area contributed by atoms with Crippen LogP contribution in [0, 0.1) is 0 Å². The summed E-state index contributed by atoms with van der Waals surface area (Å²) in [7, 11) is 0. The highest BCUT2D eigenvalue weighted by Gasteiger charge is 2.53. The molecule has 2 heterocycles. The fourth-order valence-electron chi connectivity index (χ4n) is 3.60. The van der Waals surface area contributed by atoms with Gasteiger partial charge < -0.3 is 28.4 Å². The summed E-state index contributed by atoms with van der Waals surface area (Å²) in [6.07, 6.45) is -4.60. The minimum absolute atomic E-state index is 0.0787.